The van der Waals surface area contributed by atoms with Crippen molar-refractivity contribution in [3.8, 4) is 5.75 Å². The number of amides is 1. The molecule has 2 rings (SSSR count). The number of methoxy groups -OCH3 is 1. The first-order valence-electron chi connectivity index (χ1n) is 8.36. The minimum Gasteiger partial charge on any atom is -0.497 e. The van der Waals surface area contributed by atoms with Gasteiger partial charge in [-0.25, -0.2) is 4.79 Å². The zero-order valence-electron chi connectivity index (χ0n) is 15.0. The van der Waals surface area contributed by atoms with Crippen LogP contribution in [-0.4, -0.2) is 43.1 Å². The van der Waals surface area contributed by atoms with Crippen LogP contribution < -0.4 is 4.74 Å². The fraction of sp³-hybridized carbons (Fsp3) is 0.579. The molecular weight excluding hydrogens is 306 g/mol. The fourth-order valence-electron chi connectivity index (χ4n) is 3.17. The number of carbonyl (C=O) groups excluding carboxylic acids is 2. The van der Waals surface area contributed by atoms with Crippen LogP contribution in [0.15, 0.2) is 24.3 Å². The number of likely N-dealkylation sites (tertiary alicyclic amines) is 1. The third kappa shape index (κ3) is 4.28. The summed E-state index contributed by atoms with van der Waals surface area (Å²) in [6.07, 6.45) is 2.61. The maximum Gasteiger partial charge on any atom is 0.410 e. The van der Waals surface area contributed by atoms with Crippen LogP contribution in [0.3, 0.4) is 0 Å². The van der Waals surface area contributed by atoms with Crippen LogP contribution in [0.25, 0.3) is 0 Å². The lowest BCUT2D eigenvalue weighted by molar-refractivity contribution is -0.109. The molecule has 132 valence electrons. The van der Waals surface area contributed by atoms with E-state index in [-0.39, 0.29) is 11.5 Å². The minimum absolute atomic E-state index is 0.241. The Morgan fingerprint density at radius 2 is 1.96 bits per heavy atom. The van der Waals surface area contributed by atoms with E-state index in [1.54, 1.807) is 12.0 Å². The van der Waals surface area contributed by atoms with E-state index in [1.807, 2.05) is 45.0 Å². The second-order valence-corrected chi connectivity index (χ2v) is 7.35. The van der Waals surface area contributed by atoms with E-state index in [0.717, 1.165) is 30.4 Å². The molecule has 0 atom stereocenters. The number of ether oxygens (including phenoxy) is 2. The molecule has 1 aromatic carbocycles. The number of hydrogen-bond donors (Lipinski definition) is 0. The molecule has 1 aliphatic heterocycles. The number of rotatable bonds is 4. The van der Waals surface area contributed by atoms with Crippen LogP contribution in [0.4, 0.5) is 4.79 Å². The Bertz CT molecular complexity index is 583. The van der Waals surface area contributed by atoms with Crippen molar-refractivity contribution in [2.75, 3.05) is 20.2 Å². The smallest absolute Gasteiger partial charge is 0.410 e. The van der Waals surface area contributed by atoms with Crippen LogP contribution in [0.5, 0.6) is 5.75 Å². The molecule has 0 spiro atoms. The number of piperidine rings is 1. The molecule has 5 nitrogen and oxygen atoms in total. The molecule has 0 N–H and O–H groups in total. The molecular formula is C19H27NO4. The number of nitrogens with zero attached hydrogens (tertiary/aromatic N) is 1. The maximum absolute atomic E-state index is 12.2. The summed E-state index contributed by atoms with van der Waals surface area (Å²) >= 11 is 0. The molecule has 1 saturated heterocycles. The summed E-state index contributed by atoms with van der Waals surface area (Å²) in [5.41, 5.74) is 0.355. The van der Waals surface area contributed by atoms with Crippen LogP contribution in [0, 0.1) is 0 Å². The normalized spacial score (nSPS) is 17.2. The standard InChI is InChI=1S/C19H27NO4/c1-18(2,3)24-17(22)20-11-8-19(9-12-20,10-13-21)15-6-5-7-16(14-15)23-4/h5-7,13-14H,8-12H2,1-4H3. The van der Waals surface area contributed by atoms with Gasteiger partial charge in [0.2, 0.25) is 0 Å². The molecule has 1 aromatic rings. The maximum atomic E-state index is 12.2. The minimum atomic E-state index is -0.499. The van der Waals surface area contributed by atoms with Crippen molar-refractivity contribution < 1.29 is 19.1 Å². The summed E-state index contributed by atoms with van der Waals surface area (Å²) in [6.45, 7) is 6.76. The van der Waals surface area contributed by atoms with Crippen LogP contribution >= 0.6 is 0 Å². The number of aldehydes is 1. The van der Waals surface area contributed by atoms with E-state index < -0.39 is 5.60 Å². The van der Waals surface area contributed by atoms with Crippen LogP contribution in [0.1, 0.15) is 45.6 Å². The Morgan fingerprint density at radius 1 is 1.29 bits per heavy atom. The highest BCUT2D eigenvalue weighted by atomic mass is 16.6. The van der Waals surface area contributed by atoms with Gasteiger partial charge in [0.15, 0.2) is 0 Å². The molecule has 0 aliphatic carbocycles. The quantitative estimate of drug-likeness (QED) is 0.791. The highest BCUT2D eigenvalue weighted by Crippen LogP contribution is 2.39. The first-order chi connectivity index (χ1) is 11.3. The van der Waals surface area contributed by atoms with Gasteiger partial charge in [0.1, 0.15) is 17.6 Å². The average molecular weight is 333 g/mol. The molecule has 0 saturated carbocycles. The molecule has 0 aromatic heterocycles. The molecule has 24 heavy (non-hydrogen) atoms. The van der Waals surface area contributed by atoms with Gasteiger partial charge < -0.3 is 19.2 Å². The van der Waals surface area contributed by atoms with E-state index in [1.165, 1.54) is 0 Å². The van der Waals surface area contributed by atoms with Gasteiger partial charge >= 0.3 is 6.09 Å². The van der Waals surface area contributed by atoms with Gasteiger partial charge in [-0.3, -0.25) is 0 Å². The van der Waals surface area contributed by atoms with Gasteiger partial charge in [-0.1, -0.05) is 12.1 Å². The van der Waals surface area contributed by atoms with Crippen LogP contribution in [-0.2, 0) is 14.9 Å². The lowest BCUT2D eigenvalue weighted by atomic mass is 9.71. The summed E-state index contributed by atoms with van der Waals surface area (Å²) in [6, 6.07) is 7.87. The first-order valence-corrected chi connectivity index (χ1v) is 8.36. The Kier molecular flexibility index (Phi) is 5.52. The molecule has 1 fully saturated rings. The molecule has 1 heterocycles. The average Bonchev–Trinajstić information content (AvgIpc) is 2.54. The van der Waals surface area contributed by atoms with E-state index >= 15 is 0 Å². The summed E-state index contributed by atoms with van der Waals surface area (Å²) in [7, 11) is 1.64. The monoisotopic (exact) mass is 333 g/mol. The molecule has 1 amide bonds. The SMILES string of the molecule is COc1cccc(C2(CC=O)CCN(C(=O)OC(C)(C)C)CC2)c1. The Morgan fingerprint density at radius 3 is 2.50 bits per heavy atom. The lowest BCUT2D eigenvalue weighted by Gasteiger charge is -2.41. The predicted molar refractivity (Wildman–Crippen MR) is 92.4 cm³/mol. The van der Waals surface area contributed by atoms with Crippen molar-refractivity contribution in [2.45, 2.75) is 51.0 Å². The molecule has 0 unspecified atom stereocenters. The van der Waals surface area contributed by atoms with Crippen molar-refractivity contribution >= 4 is 12.4 Å². The topological polar surface area (TPSA) is 55.8 Å². The Labute approximate surface area is 143 Å². The van der Waals surface area contributed by atoms with Crippen LogP contribution in [0.2, 0.25) is 0 Å². The predicted octanol–water partition coefficient (Wildman–Crippen LogP) is 3.55. The molecule has 0 radical (unpaired) electrons. The van der Waals surface area contributed by atoms with Gasteiger partial charge in [-0.15, -0.1) is 0 Å². The summed E-state index contributed by atoms with van der Waals surface area (Å²) in [5, 5.41) is 0. The van der Waals surface area contributed by atoms with Gasteiger partial charge in [0.05, 0.1) is 7.11 Å². The highest BCUT2D eigenvalue weighted by Gasteiger charge is 2.38. The van der Waals surface area contributed by atoms with Gasteiger partial charge in [-0.05, 0) is 51.3 Å². The second kappa shape index (κ2) is 7.24. The van der Waals surface area contributed by atoms with E-state index in [9.17, 15) is 9.59 Å². The van der Waals surface area contributed by atoms with Gasteiger partial charge in [0.25, 0.3) is 0 Å². The molecule has 0 bridgehead atoms. The number of benzene rings is 1. The van der Waals surface area contributed by atoms with Crippen molar-refractivity contribution in [1.29, 1.82) is 0 Å². The summed E-state index contributed by atoms with van der Waals surface area (Å²) in [5.74, 6) is 0.785. The Balaban J connectivity index is 2.14. The largest absolute Gasteiger partial charge is 0.497 e. The fourth-order valence-corrected chi connectivity index (χ4v) is 3.17. The zero-order valence-corrected chi connectivity index (χ0v) is 15.0. The highest BCUT2D eigenvalue weighted by molar-refractivity contribution is 5.68. The third-order valence-electron chi connectivity index (χ3n) is 4.53. The van der Waals surface area contributed by atoms with Crippen molar-refractivity contribution in [1.82, 2.24) is 4.90 Å². The number of hydrogen-bond acceptors (Lipinski definition) is 4. The van der Waals surface area contributed by atoms with E-state index in [2.05, 4.69) is 0 Å². The summed E-state index contributed by atoms with van der Waals surface area (Å²) in [4.78, 5) is 25.2. The van der Waals surface area contributed by atoms with Crippen molar-refractivity contribution in [3.63, 3.8) is 0 Å². The van der Waals surface area contributed by atoms with E-state index in [0.29, 0.717) is 19.5 Å². The van der Waals surface area contributed by atoms with Crippen molar-refractivity contribution in [2.24, 2.45) is 0 Å². The Hall–Kier alpha value is -2.04. The second-order valence-electron chi connectivity index (χ2n) is 7.35. The molecule has 5 heteroatoms. The van der Waals surface area contributed by atoms with Gasteiger partial charge in [-0.2, -0.15) is 0 Å². The van der Waals surface area contributed by atoms with Crippen molar-refractivity contribution in [3.05, 3.63) is 29.8 Å². The summed E-state index contributed by atoms with van der Waals surface area (Å²) < 4.78 is 10.8. The van der Waals surface area contributed by atoms with E-state index in [4.69, 9.17) is 9.47 Å². The molecule has 1 aliphatic rings. The first kappa shape index (κ1) is 18.3. The van der Waals surface area contributed by atoms with Gasteiger partial charge in [0, 0.05) is 24.9 Å². The lowest BCUT2D eigenvalue weighted by Crippen LogP contribution is -2.47. The number of carbonyl (C=O) groups is 2. The zero-order chi connectivity index (χ0) is 17.8. The third-order valence-corrected chi connectivity index (χ3v) is 4.53.